The lowest BCUT2D eigenvalue weighted by Gasteiger charge is -2.22. The Morgan fingerprint density at radius 1 is 1.21 bits per heavy atom. The van der Waals surface area contributed by atoms with Crippen molar-refractivity contribution in [1.29, 1.82) is 0 Å². The zero-order chi connectivity index (χ0) is 20.2. The molecule has 29 heavy (non-hydrogen) atoms. The molecule has 1 saturated carbocycles. The summed E-state index contributed by atoms with van der Waals surface area (Å²) in [5.74, 6) is 1.47. The molecule has 1 unspecified atom stereocenters. The van der Waals surface area contributed by atoms with Crippen LogP contribution in [0.2, 0.25) is 0 Å². The number of carbonyl (C=O) groups is 2. The number of benzene rings is 1. The summed E-state index contributed by atoms with van der Waals surface area (Å²) >= 11 is 0. The van der Waals surface area contributed by atoms with Crippen LogP contribution in [-0.4, -0.2) is 60.4 Å². The van der Waals surface area contributed by atoms with E-state index in [-0.39, 0.29) is 17.7 Å². The van der Waals surface area contributed by atoms with Crippen LogP contribution in [0, 0.1) is 5.92 Å². The maximum atomic E-state index is 12.5. The number of rotatable bonds is 7. The molecule has 0 bridgehead atoms. The minimum absolute atomic E-state index is 0.115. The number of likely N-dealkylation sites (N-methyl/N-ethyl adjacent to an activating group) is 1. The van der Waals surface area contributed by atoms with Gasteiger partial charge in [0.15, 0.2) is 0 Å². The highest BCUT2D eigenvalue weighted by molar-refractivity contribution is 5.81. The molecule has 1 aliphatic carbocycles. The van der Waals surface area contributed by atoms with Crippen LogP contribution in [0.5, 0.6) is 5.75 Å². The van der Waals surface area contributed by atoms with Crippen LogP contribution in [0.3, 0.4) is 0 Å². The van der Waals surface area contributed by atoms with Crippen LogP contribution in [0.15, 0.2) is 18.2 Å². The Balaban J connectivity index is 1.29. The summed E-state index contributed by atoms with van der Waals surface area (Å²) in [6.07, 6.45) is 5.64. The SMILES string of the molecule is CCN1CCCC1CNC(=O)CCc1ccc2c(c1)CN(C(=O)C1CC1)CCO2. The Morgan fingerprint density at radius 3 is 2.86 bits per heavy atom. The van der Waals surface area contributed by atoms with Crippen LogP contribution in [0.25, 0.3) is 0 Å². The van der Waals surface area contributed by atoms with Crippen molar-refractivity contribution in [2.24, 2.45) is 5.92 Å². The first kappa shape index (κ1) is 20.2. The molecule has 1 N–H and O–H groups in total. The van der Waals surface area contributed by atoms with Gasteiger partial charge in [-0.25, -0.2) is 0 Å². The molecule has 2 aliphatic heterocycles. The smallest absolute Gasteiger partial charge is 0.226 e. The molecule has 2 heterocycles. The third-order valence-electron chi connectivity index (χ3n) is 6.42. The quantitative estimate of drug-likeness (QED) is 0.765. The molecule has 1 aromatic carbocycles. The predicted octanol–water partition coefficient (Wildman–Crippen LogP) is 2.35. The molecular formula is C23H33N3O3. The monoisotopic (exact) mass is 399 g/mol. The van der Waals surface area contributed by atoms with E-state index in [1.165, 1.54) is 12.8 Å². The molecule has 2 fully saturated rings. The standard InChI is InChI=1S/C23H33N3O3/c1-2-25-11-3-4-20(25)15-24-22(27)10-6-17-5-9-21-19(14-17)16-26(12-13-29-21)23(28)18-7-8-18/h5,9,14,18,20H,2-4,6-8,10-13,15-16H2,1H3,(H,24,27). The number of hydrogen-bond acceptors (Lipinski definition) is 4. The fourth-order valence-corrected chi connectivity index (χ4v) is 4.50. The van der Waals surface area contributed by atoms with Gasteiger partial charge in [-0.2, -0.15) is 0 Å². The first-order valence-electron chi connectivity index (χ1n) is 11.2. The first-order valence-corrected chi connectivity index (χ1v) is 11.2. The van der Waals surface area contributed by atoms with Crippen LogP contribution in [0.4, 0.5) is 0 Å². The molecule has 1 aromatic rings. The van der Waals surface area contributed by atoms with Gasteiger partial charge in [0.1, 0.15) is 12.4 Å². The van der Waals surface area contributed by atoms with E-state index in [4.69, 9.17) is 4.74 Å². The molecule has 1 saturated heterocycles. The van der Waals surface area contributed by atoms with Crippen molar-refractivity contribution in [3.63, 3.8) is 0 Å². The number of nitrogens with one attached hydrogen (secondary N) is 1. The number of carbonyl (C=O) groups excluding carboxylic acids is 2. The van der Waals surface area contributed by atoms with Crippen LogP contribution in [0.1, 0.15) is 50.2 Å². The van der Waals surface area contributed by atoms with Crippen molar-refractivity contribution in [2.45, 2.75) is 58.0 Å². The number of likely N-dealkylation sites (tertiary alicyclic amines) is 1. The minimum Gasteiger partial charge on any atom is -0.491 e. The third-order valence-corrected chi connectivity index (χ3v) is 6.42. The Morgan fingerprint density at radius 2 is 2.07 bits per heavy atom. The van der Waals surface area contributed by atoms with Gasteiger partial charge in [-0.3, -0.25) is 14.5 Å². The highest BCUT2D eigenvalue weighted by atomic mass is 16.5. The number of fused-ring (bicyclic) bond motifs is 1. The van der Waals surface area contributed by atoms with Gasteiger partial charge >= 0.3 is 0 Å². The molecule has 0 radical (unpaired) electrons. The predicted molar refractivity (Wildman–Crippen MR) is 112 cm³/mol. The minimum atomic E-state index is 0.115. The van der Waals surface area contributed by atoms with Crippen LogP contribution in [-0.2, 0) is 22.6 Å². The van der Waals surface area contributed by atoms with Crippen molar-refractivity contribution < 1.29 is 14.3 Å². The highest BCUT2D eigenvalue weighted by Gasteiger charge is 2.34. The average Bonchev–Trinajstić information content (AvgIpc) is 3.51. The van der Waals surface area contributed by atoms with E-state index in [1.807, 2.05) is 17.0 Å². The van der Waals surface area contributed by atoms with Crippen molar-refractivity contribution in [2.75, 3.05) is 32.8 Å². The Labute approximate surface area is 173 Å². The third kappa shape index (κ3) is 5.10. The number of ether oxygens (including phenoxy) is 1. The lowest BCUT2D eigenvalue weighted by molar-refractivity contribution is -0.133. The lowest BCUT2D eigenvalue weighted by atomic mass is 10.0. The van der Waals surface area contributed by atoms with Crippen LogP contribution < -0.4 is 10.1 Å². The van der Waals surface area contributed by atoms with Gasteiger partial charge in [0.2, 0.25) is 11.8 Å². The normalized spacial score (nSPS) is 22.0. The average molecular weight is 400 g/mol. The van der Waals surface area contributed by atoms with Crippen molar-refractivity contribution in [3.8, 4) is 5.75 Å². The summed E-state index contributed by atoms with van der Waals surface area (Å²) in [4.78, 5) is 29.2. The second kappa shape index (κ2) is 9.16. The first-order chi connectivity index (χ1) is 14.1. The topological polar surface area (TPSA) is 61.9 Å². The van der Waals surface area contributed by atoms with E-state index in [2.05, 4.69) is 23.2 Å². The molecule has 0 aromatic heterocycles. The van der Waals surface area contributed by atoms with E-state index in [0.717, 1.165) is 49.4 Å². The van der Waals surface area contributed by atoms with Gasteiger partial charge in [-0.05, 0) is 56.8 Å². The summed E-state index contributed by atoms with van der Waals surface area (Å²) in [7, 11) is 0. The maximum absolute atomic E-state index is 12.5. The van der Waals surface area contributed by atoms with E-state index in [9.17, 15) is 9.59 Å². The highest BCUT2D eigenvalue weighted by Crippen LogP contribution is 2.33. The largest absolute Gasteiger partial charge is 0.491 e. The number of nitrogens with zero attached hydrogens (tertiary/aromatic N) is 2. The van der Waals surface area contributed by atoms with Crippen molar-refractivity contribution in [3.05, 3.63) is 29.3 Å². The van der Waals surface area contributed by atoms with Crippen LogP contribution >= 0.6 is 0 Å². The van der Waals surface area contributed by atoms with E-state index < -0.39 is 0 Å². The van der Waals surface area contributed by atoms with Gasteiger partial charge in [0.25, 0.3) is 0 Å². The van der Waals surface area contributed by atoms with Gasteiger partial charge in [0, 0.05) is 37.0 Å². The molecular weight excluding hydrogens is 366 g/mol. The van der Waals surface area contributed by atoms with Crippen molar-refractivity contribution in [1.82, 2.24) is 15.1 Å². The Bertz CT molecular complexity index is 747. The maximum Gasteiger partial charge on any atom is 0.226 e. The lowest BCUT2D eigenvalue weighted by Crippen LogP contribution is -2.40. The van der Waals surface area contributed by atoms with Gasteiger partial charge in [0.05, 0.1) is 6.54 Å². The van der Waals surface area contributed by atoms with E-state index in [1.54, 1.807) is 0 Å². The molecule has 158 valence electrons. The number of amides is 2. The molecule has 3 aliphatic rings. The molecule has 0 spiro atoms. The molecule has 2 amide bonds. The molecule has 1 atom stereocenters. The van der Waals surface area contributed by atoms with Crippen molar-refractivity contribution >= 4 is 11.8 Å². The fourth-order valence-electron chi connectivity index (χ4n) is 4.50. The Kier molecular flexibility index (Phi) is 6.38. The second-order valence-electron chi connectivity index (χ2n) is 8.55. The summed E-state index contributed by atoms with van der Waals surface area (Å²) in [6, 6.07) is 6.63. The zero-order valence-electron chi connectivity index (χ0n) is 17.5. The van der Waals surface area contributed by atoms with Gasteiger partial charge in [-0.1, -0.05) is 19.1 Å². The van der Waals surface area contributed by atoms with E-state index in [0.29, 0.717) is 38.6 Å². The fraction of sp³-hybridized carbons (Fsp3) is 0.652. The molecule has 6 nitrogen and oxygen atoms in total. The summed E-state index contributed by atoms with van der Waals surface area (Å²) in [6.45, 7) is 6.94. The summed E-state index contributed by atoms with van der Waals surface area (Å²) in [5, 5.41) is 3.11. The zero-order valence-corrected chi connectivity index (χ0v) is 17.5. The number of hydrogen-bond donors (Lipinski definition) is 1. The summed E-state index contributed by atoms with van der Waals surface area (Å²) < 4.78 is 5.85. The van der Waals surface area contributed by atoms with Gasteiger partial charge in [-0.15, -0.1) is 0 Å². The second-order valence-corrected chi connectivity index (χ2v) is 8.55. The molecule has 4 rings (SSSR count). The van der Waals surface area contributed by atoms with E-state index >= 15 is 0 Å². The summed E-state index contributed by atoms with van der Waals surface area (Å²) in [5.41, 5.74) is 2.18. The van der Waals surface area contributed by atoms with Gasteiger partial charge < -0.3 is 15.0 Å². The number of aryl methyl sites for hydroxylation is 1. The molecule has 6 heteroatoms. The Hall–Kier alpha value is -2.08.